The molecule has 0 aliphatic carbocycles. The van der Waals surface area contributed by atoms with Crippen molar-refractivity contribution in [2.45, 2.75) is 23.0 Å². The van der Waals surface area contributed by atoms with Gasteiger partial charge in [0.25, 0.3) is 0 Å². The van der Waals surface area contributed by atoms with Crippen molar-refractivity contribution in [3.05, 3.63) is 53.9 Å². The summed E-state index contributed by atoms with van der Waals surface area (Å²) in [6, 6.07) is 9.05. The number of hydrogen-bond acceptors (Lipinski definition) is 5. The SMILES string of the molecule is COc1ccc(CN2CCNCC2c2cccnc2)cc1SC(F)(F)F. The van der Waals surface area contributed by atoms with E-state index < -0.39 is 5.51 Å². The largest absolute Gasteiger partial charge is 0.496 e. The maximum Gasteiger partial charge on any atom is 0.446 e. The van der Waals surface area contributed by atoms with Crippen LogP contribution in [0.15, 0.2) is 47.6 Å². The Hall–Kier alpha value is -1.77. The van der Waals surface area contributed by atoms with E-state index >= 15 is 0 Å². The van der Waals surface area contributed by atoms with Crippen LogP contribution in [0.5, 0.6) is 5.75 Å². The van der Waals surface area contributed by atoms with Gasteiger partial charge in [0.2, 0.25) is 0 Å². The first-order valence-electron chi connectivity index (χ1n) is 8.23. The second-order valence-corrected chi connectivity index (χ2v) is 7.12. The molecule has 1 aromatic heterocycles. The second-order valence-electron chi connectivity index (χ2n) is 6.01. The maximum absolute atomic E-state index is 12.8. The molecule has 4 nitrogen and oxygen atoms in total. The van der Waals surface area contributed by atoms with Crippen LogP contribution in [0, 0.1) is 0 Å². The zero-order valence-electron chi connectivity index (χ0n) is 14.3. The molecule has 3 rings (SSSR count). The Kier molecular flexibility index (Phi) is 6.05. The quantitative estimate of drug-likeness (QED) is 0.794. The molecule has 26 heavy (non-hydrogen) atoms. The van der Waals surface area contributed by atoms with Crippen molar-refractivity contribution < 1.29 is 17.9 Å². The third kappa shape index (κ3) is 4.90. The summed E-state index contributed by atoms with van der Waals surface area (Å²) in [5.74, 6) is 0.236. The van der Waals surface area contributed by atoms with Gasteiger partial charge in [0.1, 0.15) is 5.75 Å². The first kappa shape index (κ1) is 19.0. The fourth-order valence-electron chi connectivity index (χ4n) is 3.10. The van der Waals surface area contributed by atoms with Gasteiger partial charge in [-0.3, -0.25) is 9.88 Å². The van der Waals surface area contributed by atoms with E-state index in [4.69, 9.17) is 4.74 Å². The summed E-state index contributed by atoms with van der Waals surface area (Å²) in [5.41, 5.74) is -2.43. The number of pyridine rings is 1. The number of benzene rings is 1. The Balaban J connectivity index is 1.81. The van der Waals surface area contributed by atoms with Crippen molar-refractivity contribution in [2.24, 2.45) is 0 Å². The molecule has 1 aromatic carbocycles. The maximum atomic E-state index is 12.8. The molecule has 2 heterocycles. The standard InChI is InChI=1S/C18H20F3N3OS/c1-25-16-5-4-13(9-17(16)26-18(19,20)21)12-24-8-7-23-11-15(24)14-3-2-6-22-10-14/h2-6,9-10,15,23H,7-8,11-12H2,1H3. The number of methoxy groups -OCH3 is 1. The number of alkyl halides is 3. The minimum atomic E-state index is -4.35. The van der Waals surface area contributed by atoms with Gasteiger partial charge in [-0.1, -0.05) is 12.1 Å². The summed E-state index contributed by atoms with van der Waals surface area (Å²) < 4.78 is 43.5. The predicted octanol–water partition coefficient (Wildman–Crippen LogP) is 3.85. The van der Waals surface area contributed by atoms with Gasteiger partial charge in [-0.25, -0.2) is 0 Å². The topological polar surface area (TPSA) is 37.4 Å². The molecule has 1 aliphatic heterocycles. The number of hydrogen-bond donors (Lipinski definition) is 1. The van der Waals surface area contributed by atoms with E-state index in [1.165, 1.54) is 7.11 Å². The number of ether oxygens (including phenoxy) is 1. The van der Waals surface area contributed by atoms with Gasteiger partial charge in [0.05, 0.1) is 12.0 Å². The molecule has 0 amide bonds. The van der Waals surface area contributed by atoms with E-state index in [1.807, 2.05) is 24.4 Å². The highest BCUT2D eigenvalue weighted by Gasteiger charge is 2.31. The molecule has 1 fully saturated rings. The molecule has 1 N–H and O–H groups in total. The van der Waals surface area contributed by atoms with Crippen LogP contribution < -0.4 is 10.1 Å². The Labute approximate surface area is 154 Å². The van der Waals surface area contributed by atoms with Gasteiger partial charge in [0.15, 0.2) is 0 Å². The van der Waals surface area contributed by atoms with E-state index in [2.05, 4.69) is 15.2 Å². The normalized spacial score (nSPS) is 18.7. The van der Waals surface area contributed by atoms with Crippen LogP contribution >= 0.6 is 11.8 Å². The summed E-state index contributed by atoms with van der Waals surface area (Å²) in [5, 5.41) is 3.37. The first-order chi connectivity index (χ1) is 12.5. The van der Waals surface area contributed by atoms with Gasteiger partial charge in [-0.15, -0.1) is 0 Å². The van der Waals surface area contributed by atoms with Crippen LogP contribution in [0.3, 0.4) is 0 Å². The van der Waals surface area contributed by atoms with Crippen LogP contribution in [0.4, 0.5) is 13.2 Å². The van der Waals surface area contributed by atoms with Crippen LogP contribution in [0.25, 0.3) is 0 Å². The molecule has 2 aromatic rings. The van der Waals surface area contributed by atoms with Crippen molar-refractivity contribution in [3.8, 4) is 5.75 Å². The van der Waals surface area contributed by atoms with Gasteiger partial charge in [0, 0.05) is 44.6 Å². The minimum absolute atomic E-state index is 0.0885. The van der Waals surface area contributed by atoms with E-state index in [0.717, 1.165) is 30.8 Å². The van der Waals surface area contributed by atoms with Gasteiger partial charge in [-0.05, 0) is 41.1 Å². The average molecular weight is 383 g/mol. The highest BCUT2D eigenvalue weighted by atomic mass is 32.2. The lowest BCUT2D eigenvalue weighted by molar-refractivity contribution is -0.0328. The molecule has 0 spiro atoms. The molecule has 140 valence electrons. The van der Waals surface area contributed by atoms with Crippen molar-refractivity contribution in [1.82, 2.24) is 15.2 Å². The molecule has 0 radical (unpaired) electrons. The fourth-order valence-corrected chi connectivity index (χ4v) is 3.81. The van der Waals surface area contributed by atoms with Crippen LogP contribution in [-0.4, -0.2) is 42.1 Å². The molecular weight excluding hydrogens is 363 g/mol. The molecule has 8 heteroatoms. The molecule has 0 bridgehead atoms. The highest BCUT2D eigenvalue weighted by molar-refractivity contribution is 8.00. The van der Waals surface area contributed by atoms with Crippen molar-refractivity contribution in [3.63, 3.8) is 0 Å². The summed E-state index contributed by atoms with van der Waals surface area (Å²) >= 11 is -0.141. The summed E-state index contributed by atoms with van der Waals surface area (Å²) in [6.07, 6.45) is 3.57. The molecule has 1 aliphatic rings. The lowest BCUT2D eigenvalue weighted by Crippen LogP contribution is -2.45. The third-order valence-electron chi connectivity index (χ3n) is 4.26. The molecule has 0 saturated carbocycles. The third-order valence-corrected chi connectivity index (χ3v) is 5.03. The van der Waals surface area contributed by atoms with E-state index in [0.29, 0.717) is 6.54 Å². The zero-order valence-corrected chi connectivity index (χ0v) is 15.1. The lowest BCUT2D eigenvalue weighted by Gasteiger charge is -2.36. The Morgan fingerprint density at radius 3 is 2.88 bits per heavy atom. The van der Waals surface area contributed by atoms with Crippen LogP contribution in [0.2, 0.25) is 0 Å². The first-order valence-corrected chi connectivity index (χ1v) is 9.05. The molecule has 1 unspecified atom stereocenters. The van der Waals surface area contributed by atoms with Crippen molar-refractivity contribution in [2.75, 3.05) is 26.7 Å². The Morgan fingerprint density at radius 2 is 2.19 bits per heavy atom. The highest BCUT2D eigenvalue weighted by Crippen LogP contribution is 2.42. The number of piperazine rings is 1. The monoisotopic (exact) mass is 383 g/mol. The van der Waals surface area contributed by atoms with Crippen LogP contribution in [-0.2, 0) is 6.54 Å². The number of aromatic nitrogens is 1. The minimum Gasteiger partial charge on any atom is -0.496 e. The van der Waals surface area contributed by atoms with E-state index in [9.17, 15) is 13.2 Å². The van der Waals surface area contributed by atoms with Crippen molar-refractivity contribution >= 4 is 11.8 Å². The molecule has 1 saturated heterocycles. The number of nitrogens with one attached hydrogen (secondary N) is 1. The lowest BCUT2D eigenvalue weighted by atomic mass is 10.0. The predicted molar refractivity (Wildman–Crippen MR) is 95.2 cm³/mol. The number of thioether (sulfide) groups is 1. The van der Waals surface area contributed by atoms with Gasteiger partial charge >= 0.3 is 5.51 Å². The Bertz CT molecular complexity index is 727. The van der Waals surface area contributed by atoms with E-state index in [-0.39, 0.29) is 28.4 Å². The smallest absolute Gasteiger partial charge is 0.446 e. The Morgan fingerprint density at radius 1 is 1.35 bits per heavy atom. The number of rotatable bonds is 5. The van der Waals surface area contributed by atoms with E-state index in [1.54, 1.807) is 18.3 Å². The zero-order chi connectivity index (χ0) is 18.6. The van der Waals surface area contributed by atoms with Crippen LogP contribution in [0.1, 0.15) is 17.2 Å². The summed E-state index contributed by atoms with van der Waals surface area (Å²) in [6.45, 7) is 3.01. The molecular formula is C18H20F3N3OS. The second kappa shape index (κ2) is 8.28. The van der Waals surface area contributed by atoms with Gasteiger partial charge < -0.3 is 10.1 Å². The summed E-state index contributed by atoms with van der Waals surface area (Å²) in [7, 11) is 1.38. The van der Waals surface area contributed by atoms with Gasteiger partial charge in [-0.2, -0.15) is 13.2 Å². The number of nitrogens with zero attached hydrogens (tertiary/aromatic N) is 2. The fraction of sp³-hybridized carbons (Fsp3) is 0.389. The molecule has 1 atom stereocenters. The summed E-state index contributed by atoms with van der Waals surface area (Å²) in [4.78, 5) is 6.53. The van der Waals surface area contributed by atoms with Crippen molar-refractivity contribution in [1.29, 1.82) is 0 Å². The number of halogens is 3. The average Bonchev–Trinajstić information content (AvgIpc) is 2.62.